The molecule has 0 spiro atoms. The number of fused-ring (bicyclic) bond motifs is 1. The van der Waals surface area contributed by atoms with E-state index in [1.54, 1.807) is 0 Å². The summed E-state index contributed by atoms with van der Waals surface area (Å²) in [6.45, 7) is 7.14. The maximum atomic E-state index is 12.9. The molecule has 2 aromatic rings. The molecule has 1 N–H and O–H groups in total. The van der Waals surface area contributed by atoms with Gasteiger partial charge in [0.25, 0.3) is 5.91 Å². The van der Waals surface area contributed by atoms with Crippen molar-refractivity contribution in [2.24, 2.45) is 5.92 Å². The van der Waals surface area contributed by atoms with E-state index in [1.165, 1.54) is 0 Å². The highest BCUT2D eigenvalue weighted by Gasteiger charge is 2.48. The lowest BCUT2D eigenvalue weighted by atomic mass is 9.98. The Morgan fingerprint density at radius 2 is 1.88 bits per heavy atom. The Morgan fingerprint density at radius 1 is 1.16 bits per heavy atom. The van der Waals surface area contributed by atoms with Crippen LogP contribution >= 0.6 is 0 Å². The summed E-state index contributed by atoms with van der Waals surface area (Å²) in [6, 6.07) is 11.9. The first kappa shape index (κ1) is 17.7. The highest BCUT2D eigenvalue weighted by Crippen LogP contribution is 2.43. The van der Waals surface area contributed by atoms with Gasteiger partial charge in [-0.1, -0.05) is 31.2 Å². The molecule has 1 aliphatic carbocycles. The molecule has 4 nitrogen and oxygen atoms in total. The molecule has 1 amide bonds. The first-order chi connectivity index (χ1) is 12.1. The van der Waals surface area contributed by atoms with Crippen LogP contribution in [0.3, 0.4) is 0 Å². The minimum atomic E-state index is -0.757. The van der Waals surface area contributed by atoms with Gasteiger partial charge in [-0.3, -0.25) is 4.79 Å². The van der Waals surface area contributed by atoms with E-state index in [0.29, 0.717) is 19.1 Å². The van der Waals surface area contributed by atoms with Gasteiger partial charge >= 0.3 is 0 Å². The number of rotatable bonds is 8. The van der Waals surface area contributed by atoms with Crippen molar-refractivity contribution in [2.75, 3.05) is 18.5 Å². The Kier molecular flexibility index (Phi) is 5.28. The fourth-order valence-corrected chi connectivity index (χ4v) is 3.27. The molecule has 25 heavy (non-hydrogen) atoms. The van der Waals surface area contributed by atoms with Crippen molar-refractivity contribution >= 4 is 22.4 Å². The second kappa shape index (κ2) is 7.44. The van der Waals surface area contributed by atoms with Crippen LogP contribution in [0.1, 0.15) is 40.0 Å². The molecule has 4 heteroatoms. The molecule has 2 aromatic carbocycles. The molecular formula is C21H27NO3. The summed E-state index contributed by atoms with van der Waals surface area (Å²) in [5.74, 6) is 1.10. The highest BCUT2D eigenvalue weighted by molar-refractivity contribution is 6.06. The third-order valence-electron chi connectivity index (χ3n) is 4.85. The summed E-state index contributed by atoms with van der Waals surface area (Å²) in [5, 5.41) is 5.09. The zero-order valence-corrected chi connectivity index (χ0v) is 15.3. The third kappa shape index (κ3) is 3.64. The minimum absolute atomic E-state index is 0.0655. The van der Waals surface area contributed by atoms with Gasteiger partial charge < -0.3 is 14.8 Å². The number of nitrogens with one attached hydrogen (secondary N) is 1. The number of ether oxygens (including phenoxy) is 2. The van der Waals surface area contributed by atoms with Crippen LogP contribution in [0.15, 0.2) is 36.4 Å². The van der Waals surface area contributed by atoms with Crippen LogP contribution in [0.25, 0.3) is 10.8 Å². The van der Waals surface area contributed by atoms with E-state index in [0.717, 1.165) is 41.5 Å². The number of benzene rings is 2. The average Bonchev–Trinajstić information content (AvgIpc) is 3.46. The number of hydrogen-bond acceptors (Lipinski definition) is 3. The zero-order chi connectivity index (χ0) is 17.9. The van der Waals surface area contributed by atoms with E-state index in [1.807, 2.05) is 50.2 Å². The van der Waals surface area contributed by atoms with Crippen molar-refractivity contribution in [1.29, 1.82) is 0 Å². The summed E-state index contributed by atoms with van der Waals surface area (Å²) in [7, 11) is 0. The first-order valence-corrected chi connectivity index (χ1v) is 9.20. The molecule has 0 aliphatic heterocycles. The summed E-state index contributed by atoms with van der Waals surface area (Å²) >= 11 is 0. The smallest absolute Gasteiger partial charge is 0.256 e. The molecule has 0 heterocycles. The van der Waals surface area contributed by atoms with Crippen molar-refractivity contribution in [1.82, 2.24) is 0 Å². The molecule has 1 saturated carbocycles. The van der Waals surface area contributed by atoms with Crippen LogP contribution in [0.2, 0.25) is 0 Å². The number of anilines is 1. The molecule has 0 unspecified atom stereocenters. The lowest BCUT2D eigenvalue weighted by Crippen LogP contribution is -2.44. The van der Waals surface area contributed by atoms with E-state index < -0.39 is 5.60 Å². The van der Waals surface area contributed by atoms with Crippen molar-refractivity contribution < 1.29 is 14.3 Å². The standard InChI is InChI=1S/C21H27NO3/c1-4-14-24-19-13-12-18(16-8-6-7-9-17(16)19)22-20(23)21(3,25-5-2)15-10-11-15/h6-9,12-13,15H,4-5,10-11,14H2,1-3H3,(H,22,23)/t21-/m1/s1. The van der Waals surface area contributed by atoms with Gasteiger partial charge in [-0.15, -0.1) is 0 Å². The van der Waals surface area contributed by atoms with E-state index in [2.05, 4.69) is 12.2 Å². The van der Waals surface area contributed by atoms with Gasteiger partial charge in [0.15, 0.2) is 0 Å². The second-order valence-electron chi connectivity index (χ2n) is 6.77. The predicted octanol–water partition coefficient (Wildman–Crippen LogP) is 4.77. The molecule has 134 valence electrons. The molecular weight excluding hydrogens is 314 g/mol. The Balaban J connectivity index is 1.90. The predicted molar refractivity (Wildman–Crippen MR) is 101 cm³/mol. The third-order valence-corrected chi connectivity index (χ3v) is 4.85. The largest absolute Gasteiger partial charge is 0.493 e. The summed E-state index contributed by atoms with van der Waals surface area (Å²) in [4.78, 5) is 12.9. The molecule has 1 aliphatic rings. The monoisotopic (exact) mass is 341 g/mol. The Hall–Kier alpha value is -2.07. The topological polar surface area (TPSA) is 47.6 Å². The number of amides is 1. The van der Waals surface area contributed by atoms with Gasteiger partial charge in [0.2, 0.25) is 0 Å². The van der Waals surface area contributed by atoms with Gasteiger partial charge in [-0.05, 0) is 51.2 Å². The first-order valence-electron chi connectivity index (χ1n) is 9.20. The van der Waals surface area contributed by atoms with Crippen molar-refractivity contribution in [2.45, 2.75) is 45.6 Å². The maximum absolute atomic E-state index is 12.9. The minimum Gasteiger partial charge on any atom is -0.493 e. The van der Waals surface area contributed by atoms with Crippen LogP contribution in [0.4, 0.5) is 5.69 Å². The number of carbonyl (C=O) groups is 1. The van der Waals surface area contributed by atoms with Crippen LogP contribution in [0, 0.1) is 5.92 Å². The fourth-order valence-electron chi connectivity index (χ4n) is 3.27. The van der Waals surface area contributed by atoms with E-state index in [-0.39, 0.29) is 5.91 Å². The van der Waals surface area contributed by atoms with E-state index >= 15 is 0 Å². The SMILES string of the molecule is CCCOc1ccc(NC(=O)[C@](C)(OCC)C2CC2)c2ccccc12. The maximum Gasteiger partial charge on any atom is 0.256 e. The molecule has 3 rings (SSSR count). The molecule has 0 radical (unpaired) electrons. The van der Waals surface area contributed by atoms with Crippen LogP contribution in [-0.4, -0.2) is 24.7 Å². The quantitative estimate of drug-likeness (QED) is 0.752. The van der Waals surface area contributed by atoms with Gasteiger partial charge in [-0.2, -0.15) is 0 Å². The summed E-state index contributed by atoms with van der Waals surface area (Å²) in [6.07, 6.45) is 3.06. The average molecular weight is 341 g/mol. The Bertz CT molecular complexity index is 754. The fraction of sp³-hybridized carbons (Fsp3) is 0.476. The van der Waals surface area contributed by atoms with Crippen molar-refractivity contribution in [3.63, 3.8) is 0 Å². The number of carbonyl (C=O) groups excluding carboxylic acids is 1. The zero-order valence-electron chi connectivity index (χ0n) is 15.3. The molecule has 0 bridgehead atoms. The summed E-state index contributed by atoms with van der Waals surface area (Å²) in [5.41, 5.74) is 0.0452. The molecule has 1 fully saturated rings. The normalized spacial score (nSPS) is 16.4. The van der Waals surface area contributed by atoms with Gasteiger partial charge in [0, 0.05) is 23.1 Å². The highest BCUT2D eigenvalue weighted by atomic mass is 16.5. The lowest BCUT2D eigenvalue weighted by molar-refractivity contribution is -0.141. The van der Waals surface area contributed by atoms with Gasteiger partial charge in [0.05, 0.1) is 6.61 Å². The van der Waals surface area contributed by atoms with Gasteiger partial charge in [-0.25, -0.2) is 0 Å². The van der Waals surface area contributed by atoms with Crippen molar-refractivity contribution in [3.05, 3.63) is 36.4 Å². The summed E-state index contributed by atoms with van der Waals surface area (Å²) < 4.78 is 11.7. The molecule has 0 aromatic heterocycles. The Labute approximate surface area is 149 Å². The van der Waals surface area contributed by atoms with Crippen LogP contribution < -0.4 is 10.1 Å². The lowest BCUT2D eigenvalue weighted by Gasteiger charge is -2.28. The van der Waals surface area contributed by atoms with Crippen LogP contribution in [0.5, 0.6) is 5.75 Å². The Morgan fingerprint density at radius 3 is 2.52 bits per heavy atom. The van der Waals surface area contributed by atoms with Gasteiger partial charge in [0.1, 0.15) is 11.4 Å². The van der Waals surface area contributed by atoms with Crippen LogP contribution in [-0.2, 0) is 9.53 Å². The number of hydrogen-bond donors (Lipinski definition) is 1. The molecule has 0 saturated heterocycles. The van der Waals surface area contributed by atoms with Crippen molar-refractivity contribution in [3.8, 4) is 5.75 Å². The molecule has 1 atom stereocenters. The van der Waals surface area contributed by atoms with E-state index in [9.17, 15) is 4.79 Å². The second-order valence-corrected chi connectivity index (χ2v) is 6.77. The van der Waals surface area contributed by atoms with E-state index in [4.69, 9.17) is 9.47 Å².